The molecule has 72 valence electrons. The number of carbonyl (C=O) groups is 1. The SMILES string of the molecule is COC(=O)c1cc2cc[nH]c2nc1Cl. The van der Waals surface area contributed by atoms with Crippen molar-refractivity contribution in [1.29, 1.82) is 0 Å². The van der Waals surface area contributed by atoms with Gasteiger partial charge in [-0.15, -0.1) is 0 Å². The summed E-state index contributed by atoms with van der Waals surface area (Å²) in [4.78, 5) is 18.2. The van der Waals surface area contributed by atoms with Crippen LogP contribution in [0, 0.1) is 0 Å². The van der Waals surface area contributed by atoms with Crippen molar-refractivity contribution in [2.45, 2.75) is 0 Å². The van der Waals surface area contributed by atoms with Gasteiger partial charge in [0.25, 0.3) is 0 Å². The first kappa shape index (κ1) is 9.02. The number of methoxy groups -OCH3 is 1. The maximum Gasteiger partial charge on any atom is 0.341 e. The highest BCUT2D eigenvalue weighted by atomic mass is 35.5. The Morgan fingerprint density at radius 2 is 2.43 bits per heavy atom. The number of H-pyrrole nitrogens is 1. The number of pyridine rings is 1. The standard InChI is InChI=1S/C9H7ClN2O2/c1-14-9(13)6-4-5-2-3-11-8(5)12-7(6)10/h2-4H,1H3,(H,11,12). The highest BCUT2D eigenvalue weighted by molar-refractivity contribution is 6.32. The lowest BCUT2D eigenvalue weighted by molar-refractivity contribution is 0.0600. The third-order valence-corrected chi connectivity index (χ3v) is 2.18. The van der Waals surface area contributed by atoms with Gasteiger partial charge in [0, 0.05) is 11.6 Å². The van der Waals surface area contributed by atoms with E-state index in [1.165, 1.54) is 7.11 Å². The summed E-state index contributed by atoms with van der Waals surface area (Å²) in [6.07, 6.45) is 1.73. The Bertz CT molecular complexity index is 493. The lowest BCUT2D eigenvalue weighted by atomic mass is 10.2. The van der Waals surface area contributed by atoms with E-state index >= 15 is 0 Å². The van der Waals surface area contributed by atoms with Crippen molar-refractivity contribution >= 4 is 28.6 Å². The topological polar surface area (TPSA) is 55.0 Å². The maximum absolute atomic E-state index is 11.2. The number of aromatic nitrogens is 2. The zero-order chi connectivity index (χ0) is 10.1. The fraction of sp³-hybridized carbons (Fsp3) is 0.111. The molecule has 0 aromatic carbocycles. The molecule has 0 atom stereocenters. The van der Waals surface area contributed by atoms with Crippen molar-refractivity contribution in [3.63, 3.8) is 0 Å². The van der Waals surface area contributed by atoms with E-state index in [2.05, 4.69) is 14.7 Å². The molecule has 0 saturated carbocycles. The Morgan fingerprint density at radius 1 is 1.64 bits per heavy atom. The number of carbonyl (C=O) groups excluding carboxylic acids is 1. The van der Waals surface area contributed by atoms with Gasteiger partial charge in [-0.05, 0) is 12.1 Å². The smallest absolute Gasteiger partial charge is 0.341 e. The summed E-state index contributed by atoms with van der Waals surface area (Å²) in [5.74, 6) is -0.481. The van der Waals surface area contributed by atoms with Gasteiger partial charge >= 0.3 is 5.97 Å². The molecule has 2 aromatic rings. The van der Waals surface area contributed by atoms with E-state index in [0.29, 0.717) is 5.65 Å². The second-order valence-corrected chi connectivity index (χ2v) is 3.09. The molecule has 4 nitrogen and oxygen atoms in total. The molecule has 0 aliphatic rings. The number of nitrogens with zero attached hydrogens (tertiary/aromatic N) is 1. The minimum Gasteiger partial charge on any atom is -0.465 e. The lowest BCUT2D eigenvalue weighted by Gasteiger charge is -2.00. The summed E-state index contributed by atoms with van der Waals surface area (Å²) in [6.45, 7) is 0. The highest BCUT2D eigenvalue weighted by Gasteiger charge is 2.13. The third kappa shape index (κ3) is 1.33. The molecule has 2 aromatic heterocycles. The first-order chi connectivity index (χ1) is 6.72. The van der Waals surface area contributed by atoms with Crippen LogP contribution in [0.1, 0.15) is 10.4 Å². The van der Waals surface area contributed by atoms with Crippen molar-refractivity contribution in [3.05, 3.63) is 29.0 Å². The monoisotopic (exact) mass is 210 g/mol. The number of hydrogen-bond donors (Lipinski definition) is 1. The van der Waals surface area contributed by atoms with Crippen LogP contribution < -0.4 is 0 Å². The van der Waals surface area contributed by atoms with Gasteiger partial charge in [0.15, 0.2) is 0 Å². The first-order valence-electron chi connectivity index (χ1n) is 3.94. The Labute approximate surface area is 84.9 Å². The predicted octanol–water partition coefficient (Wildman–Crippen LogP) is 2.00. The van der Waals surface area contributed by atoms with E-state index in [-0.39, 0.29) is 10.7 Å². The van der Waals surface area contributed by atoms with Crippen LogP contribution in [0.3, 0.4) is 0 Å². The molecule has 0 bridgehead atoms. The van der Waals surface area contributed by atoms with E-state index in [1.54, 1.807) is 12.3 Å². The fourth-order valence-electron chi connectivity index (χ4n) is 1.21. The van der Waals surface area contributed by atoms with Gasteiger partial charge in [-0.2, -0.15) is 0 Å². The molecule has 0 amide bonds. The van der Waals surface area contributed by atoms with Crippen LogP contribution in [0.2, 0.25) is 5.15 Å². The van der Waals surface area contributed by atoms with Crippen molar-refractivity contribution in [1.82, 2.24) is 9.97 Å². The molecule has 0 unspecified atom stereocenters. The third-order valence-electron chi connectivity index (χ3n) is 1.89. The second kappa shape index (κ2) is 3.31. The van der Waals surface area contributed by atoms with Crippen molar-refractivity contribution in [2.24, 2.45) is 0 Å². The van der Waals surface area contributed by atoms with Crippen molar-refractivity contribution in [2.75, 3.05) is 7.11 Å². The quantitative estimate of drug-likeness (QED) is 0.579. The number of ether oxygens (including phenoxy) is 1. The molecule has 0 fully saturated rings. The zero-order valence-corrected chi connectivity index (χ0v) is 8.13. The molecule has 0 aliphatic carbocycles. The maximum atomic E-state index is 11.2. The number of aromatic amines is 1. The van der Waals surface area contributed by atoms with E-state index in [0.717, 1.165) is 5.39 Å². The number of hydrogen-bond acceptors (Lipinski definition) is 3. The second-order valence-electron chi connectivity index (χ2n) is 2.73. The van der Waals surface area contributed by atoms with Crippen LogP contribution in [0.5, 0.6) is 0 Å². The highest BCUT2D eigenvalue weighted by Crippen LogP contribution is 2.20. The van der Waals surface area contributed by atoms with Crippen LogP contribution in [-0.4, -0.2) is 23.0 Å². The molecular formula is C9H7ClN2O2. The summed E-state index contributed by atoms with van der Waals surface area (Å²) in [5, 5.41) is 0.974. The number of halogens is 1. The summed E-state index contributed by atoms with van der Waals surface area (Å²) in [7, 11) is 1.31. The molecule has 0 spiro atoms. The van der Waals surface area contributed by atoms with Crippen molar-refractivity contribution in [3.8, 4) is 0 Å². The van der Waals surface area contributed by atoms with Gasteiger partial charge in [-0.25, -0.2) is 9.78 Å². The lowest BCUT2D eigenvalue weighted by Crippen LogP contribution is -2.03. The van der Waals surface area contributed by atoms with Gasteiger partial charge in [0.1, 0.15) is 10.8 Å². The largest absolute Gasteiger partial charge is 0.465 e. The minimum absolute atomic E-state index is 0.145. The van der Waals surface area contributed by atoms with Gasteiger partial charge < -0.3 is 9.72 Å². The molecule has 14 heavy (non-hydrogen) atoms. The summed E-state index contributed by atoms with van der Waals surface area (Å²) in [5.41, 5.74) is 0.934. The number of esters is 1. The Balaban J connectivity index is 2.64. The van der Waals surface area contributed by atoms with Crippen LogP contribution in [0.4, 0.5) is 0 Å². The van der Waals surface area contributed by atoms with Crippen LogP contribution in [0.25, 0.3) is 11.0 Å². The Hall–Kier alpha value is -1.55. The molecule has 5 heteroatoms. The van der Waals surface area contributed by atoms with E-state index in [4.69, 9.17) is 11.6 Å². The predicted molar refractivity (Wildman–Crippen MR) is 52.4 cm³/mol. The normalized spacial score (nSPS) is 10.4. The van der Waals surface area contributed by atoms with E-state index < -0.39 is 5.97 Å². The molecular weight excluding hydrogens is 204 g/mol. The number of nitrogens with one attached hydrogen (secondary N) is 1. The van der Waals surface area contributed by atoms with E-state index in [1.807, 2.05) is 6.07 Å². The first-order valence-corrected chi connectivity index (χ1v) is 4.32. The average Bonchev–Trinajstić information content (AvgIpc) is 2.62. The van der Waals surface area contributed by atoms with Crippen molar-refractivity contribution < 1.29 is 9.53 Å². The van der Waals surface area contributed by atoms with Gasteiger partial charge in [0.2, 0.25) is 0 Å². The molecule has 0 aliphatic heterocycles. The molecule has 2 heterocycles. The number of fused-ring (bicyclic) bond motifs is 1. The summed E-state index contributed by atoms with van der Waals surface area (Å²) < 4.78 is 4.57. The molecule has 1 N–H and O–H groups in total. The van der Waals surface area contributed by atoms with Gasteiger partial charge in [0.05, 0.1) is 12.7 Å². The van der Waals surface area contributed by atoms with E-state index in [9.17, 15) is 4.79 Å². The molecule has 0 saturated heterocycles. The van der Waals surface area contributed by atoms with Crippen LogP contribution >= 0.6 is 11.6 Å². The Kier molecular flexibility index (Phi) is 2.13. The summed E-state index contributed by atoms with van der Waals surface area (Å²) in [6, 6.07) is 3.46. The molecule has 2 rings (SSSR count). The number of rotatable bonds is 1. The zero-order valence-electron chi connectivity index (χ0n) is 7.37. The Morgan fingerprint density at radius 3 is 3.14 bits per heavy atom. The van der Waals surface area contributed by atoms with Gasteiger partial charge in [-0.1, -0.05) is 11.6 Å². The summed E-state index contributed by atoms with van der Waals surface area (Å²) >= 11 is 5.80. The average molecular weight is 211 g/mol. The van der Waals surface area contributed by atoms with Crippen LogP contribution in [0.15, 0.2) is 18.3 Å². The van der Waals surface area contributed by atoms with Crippen LogP contribution in [-0.2, 0) is 4.74 Å². The minimum atomic E-state index is -0.481. The van der Waals surface area contributed by atoms with Gasteiger partial charge in [-0.3, -0.25) is 0 Å². The molecule has 0 radical (unpaired) electrons. The fourth-order valence-corrected chi connectivity index (χ4v) is 1.43.